The van der Waals surface area contributed by atoms with Gasteiger partial charge in [-0.1, -0.05) is 42.5 Å². The van der Waals surface area contributed by atoms with E-state index in [0.29, 0.717) is 0 Å². The highest BCUT2D eigenvalue weighted by atomic mass is 16.3. The van der Waals surface area contributed by atoms with E-state index in [1.54, 1.807) is 0 Å². The third kappa shape index (κ3) is 1.71. The van der Waals surface area contributed by atoms with Crippen LogP contribution in [0.1, 0.15) is 0 Å². The van der Waals surface area contributed by atoms with Crippen molar-refractivity contribution < 1.29 is 8.83 Å². The van der Waals surface area contributed by atoms with Crippen LogP contribution in [0.15, 0.2) is 88.0 Å². The van der Waals surface area contributed by atoms with E-state index in [0.717, 1.165) is 82.2 Å². The molecule has 0 fully saturated rings. The molecular formula is C28H13N3O2. The topological polar surface area (TPSA) is 56.5 Å². The van der Waals surface area contributed by atoms with E-state index < -0.39 is 0 Å². The summed E-state index contributed by atoms with van der Waals surface area (Å²) in [6.45, 7) is 0. The molecule has 0 radical (unpaired) electrons. The van der Waals surface area contributed by atoms with Gasteiger partial charge in [0.15, 0.2) is 11.2 Å². The second-order valence-electron chi connectivity index (χ2n) is 8.63. The minimum atomic E-state index is 0.829. The van der Waals surface area contributed by atoms with Gasteiger partial charge >= 0.3 is 0 Å². The van der Waals surface area contributed by atoms with Gasteiger partial charge in [-0.3, -0.25) is 0 Å². The van der Waals surface area contributed by atoms with Crippen molar-refractivity contribution in [1.82, 2.24) is 14.4 Å². The van der Waals surface area contributed by atoms with Gasteiger partial charge in [0, 0.05) is 21.5 Å². The number of nitrogens with zero attached hydrogens (tertiary/aromatic N) is 3. The standard InChI is InChI=1S/C28H13N3O2/c1-3-10-20-14(6-1)24-27(32-20)22-16-8-5-9-17-23-19(31(26(16)17)18(22)12-29-24)13-30-25-15-7-2-4-11-21(15)33-28(23)25/h1-13H. The zero-order valence-electron chi connectivity index (χ0n) is 17.2. The number of hydrogen-bond donors (Lipinski definition) is 0. The van der Waals surface area contributed by atoms with E-state index >= 15 is 0 Å². The fraction of sp³-hybridized carbons (Fsp3) is 0. The molecule has 152 valence electrons. The molecule has 6 heterocycles. The summed E-state index contributed by atoms with van der Waals surface area (Å²) in [5.74, 6) is 0. The van der Waals surface area contributed by atoms with E-state index in [-0.39, 0.29) is 0 Å². The van der Waals surface area contributed by atoms with Crippen LogP contribution in [0.25, 0.3) is 82.2 Å². The van der Waals surface area contributed by atoms with Crippen LogP contribution in [0.4, 0.5) is 0 Å². The summed E-state index contributed by atoms with van der Waals surface area (Å²) in [6, 6.07) is 22.6. The summed E-state index contributed by atoms with van der Waals surface area (Å²) in [5.41, 5.74) is 8.34. The van der Waals surface area contributed by atoms with E-state index in [2.05, 4.69) is 34.7 Å². The van der Waals surface area contributed by atoms with Crippen molar-refractivity contribution in [2.24, 2.45) is 0 Å². The first-order valence-corrected chi connectivity index (χ1v) is 10.9. The van der Waals surface area contributed by atoms with Crippen LogP contribution in [0.5, 0.6) is 0 Å². The third-order valence-electron chi connectivity index (χ3n) is 7.02. The zero-order chi connectivity index (χ0) is 21.3. The average molecular weight is 423 g/mol. The zero-order valence-corrected chi connectivity index (χ0v) is 17.2. The van der Waals surface area contributed by atoms with Crippen LogP contribution < -0.4 is 0 Å². The molecule has 0 amide bonds. The van der Waals surface area contributed by atoms with Crippen LogP contribution in [0, 0.1) is 0 Å². The van der Waals surface area contributed by atoms with Gasteiger partial charge in [-0.15, -0.1) is 0 Å². The summed E-state index contributed by atoms with van der Waals surface area (Å²) in [7, 11) is 0. The van der Waals surface area contributed by atoms with Crippen molar-refractivity contribution in [3.63, 3.8) is 0 Å². The van der Waals surface area contributed by atoms with E-state index in [1.807, 2.05) is 48.8 Å². The summed E-state index contributed by atoms with van der Waals surface area (Å²) < 4.78 is 14.9. The molecule has 0 N–H and O–H groups in total. The lowest BCUT2D eigenvalue weighted by atomic mass is 10.1. The summed E-state index contributed by atoms with van der Waals surface area (Å²) in [6.07, 6.45) is 3.92. The van der Waals surface area contributed by atoms with Crippen molar-refractivity contribution in [1.29, 1.82) is 0 Å². The predicted molar refractivity (Wildman–Crippen MR) is 131 cm³/mol. The molecule has 9 aromatic rings. The molecule has 0 aliphatic heterocycles. The van der Waals surface area contributed by atoms with E-state index in [9.17, 15) is 0 Å². The van der Waals surface area contributed by atoms with Crippen LogP contribution in [0.2, 0.25) is 0 Å². The highest BCUT2D eigenvalue weighted by molar-refractivity contribution is 6.32. The van der Waals surface area contributed by atoms with Gasteiger partial charge in [-0.2, -0.15) is 0 Å². The fourth-order valence-electron chi connectivity index (χ4n) is 5.69. The molecule has 5 heteroatoms. The first-order chi connectivity index (χ1) is 16.4. The first kappa shape index (κ1) is 16.1. The average Bonchev–Trinajstić information content (AvgIpc) is 3.59. The normalized spacial score (nSPS) is 12.8. The Kier molecular flexibility index (Phi) is 2.54. The van der Waals surface area contributed by atoms with Gasteiger partial charge in [0.05, 0.1) is 39.7 Å². The van der Waals surface area contributed by atoms with Gasteiger partial charge in [0.25, 0.3) is 0 Å². The molecule has 0 aliphatic carbocycles. The molecule has 33 heavy (non-hydrogen) atoms. The number of hydrogen-bond acceptors (Lipinski definition) is 4. The molecule has 0 unspecified atom stereocenters. The highest BCUT2D eigenvalue weighted by Gasteiger charge is 2.24. The van der Waals surface area contributed by atoms with Crippen molar-refractivity contribution >= 4 is 82.2 Å². The second-order valence-corrected chi connectivity index (χ2v) is 8.63. The van der Waals surface area contributed by atoms with Gasteiger partial charge in [-0.05, 0) is 24.3 Å². The Labute approximate surface area is 184 Å². The number of aromatic nitrogens is 3. The lowest BCUT2D eigenvalue weighted by Crippen LogP contribution is -1.84. The van der Waals surface area contributed by atoms with Crippen LogP contribution in [-0.2, 0) is 0 Å². The maximum atomic E-state index is 6.34. The van der Waals surface area contributed by atoms with Crippen LogP contribution in [-0.4, -0.2) is 14.4 Å². The molecule has 3 aromatic carbocycles. The Hall–Kier alpha value is -4.64. The Morgan fingerprint density at radius 2 is 1.03 bits per heavy atom. The van der Waals surface area contributed by atoms with Gasteiger partial charge in [0.2, 0.25) is 0 Å². The molecular weight excluding hydrogens is 410 g/mol. The number of benzene rings is 3. The Balaban J connectivity index is 1.58. The van der Waals surface area contributed by atoms with Gasteiger partial charge in [0.1, 0.15) is 22.2 Å². The summed E-state index contributed by atoms with van der Waals surface area (Å²) >= 11 is 0. The van der Waals surface area contributed by atoms with Gasteiger partial charge in [-0.25, -0.2) is 9.97 Å². The Bertz CT molecular complexity index is 2090. The molecule has 0 spiro atoms. The van der Waals surface area contributed by atoms with Gasteiger partial charge < -0.3 is 13.2 Å². The fourth-order valence-corrected chi connectivity index (χ4v) is 5.69. The lowest BCUT2D eigenvalue weighted by molar-refractivity contribution is 0.672. The molecule has 0 saturated carbocycles. The molecule has 9 rings (SSSR count). The largest absolute Gasteiger partial charge is 0.454 e. The summed E-state index contributed by atoms with van der Waals surface area (Å²) in [4.78, 5) is 9.67. The number of para-hydroxylation sites is 3. The number of fused-ring (bicyclic) bond motifs is 14. The summed E-state index contributed by atoms with van der Waals surface area (Å²) in [5, 5.41) is 6.54. The Morgan fingerprint density at radius 1 is 0.545 bits per heavy atom. The maximum Gasteiger partial charge on any atom is 0.163 e. The quantitative estimate of drug-likeness (QED) is 0.255. The minimum absolute atomic E-state index is 0.829. The smallest absolute Gasteiger partial charge is 0.163 e. The second kappa shape index (κ2) is 5.22. The maximum absolute atomic E-state index is 6.34. The van der Waals surface area contributed by atoms with Crippen molar-refractivity contribution in [2.75, 3.05) is 0 Å². The van der Waals surface area contributed by atoms with Crippen molar-refractivity contribution in [3.8, 4) is 0 Å². The number of rotatable bonds is 0. The first-order valence-electron chi connectivity index (χ1n) is 10.9. The molecule has 0 bridgehead atoms. The molecule has 5 nitrogen and oxygen atoms in total. The minimum Gasteiger partial charge on any atom is -0.454 e. The van der Waals surface area contributed by atoms with Crippen molar-refractivity contribution in [2.45, 2.75) is 0 Å². The number of furan rings is 2. The SMILES string of the molecule is c1ccc2c(c1)oc1c2ncc2c1c1cccc3c4c5oc6ccccc6c5ncc4n2c13. The van der Waals surface area contributed by atoms with E-state index in [1.165, 1.54) is 0 Å². The van der Waals surface area contributed by atoms with Crippen molar-refractivity contribution in [3.05, 3.63) is 79.1 Å². The molecule has 0 saturated heterocycles. The predicted octanol–water partition coefficient (Wildman–Crippen LogP) is 7.43. The lowest BCUT2D eigenvalue weighted by Gasteiger charge is -1.98. The molecule has 6 aromatic heterocycles. The number of pyridine rings is 2. The molecule has 0 atom stereocenters. The van der Waals surface area contributed by atoms with Crippen LogP contribution in [0.3, 0.4) is 0 Å². The Morgan fingerprint density at radius 3 is 1.58 bits per heavy atom. The van der Waals surface area contributed by atoms with Crippen LogP contribution >= 0.6 is 0 Å². The van der Waals surface area contributed by atoms with E-state index in [4.69, 9.17) is 18.8 Å². The highest BCUT2D eigenvalue weighted by Crippen LogP contribution is 2.45. The molecule has 0 aliphatic rings. The third-order valence-corrected chi connectivity index (χ3v) is 7.02. The monoisotopic (exact) mass is 423 g/mol.